The highest BCUT2D eigenvalue weighted by molar-refractivity contribution is 5.83. The zero-order chi connectivity index (χ0) is 12.2. The fourth-order valence-corrected chi connectivity index (χ4v) is 3.75. The molecule has 3 saturated carbocycles. The van der Waals surface area contributed by atoms with E-state index in [9.17, 15) is 9.59 Å². The Kier molecular flexibility index (Phi) is 2.40. The highest BCUT2D eigenvalue weighted by atomic mass is 16.6. The molecule has 0 spiro atoms. The van der Waals surface area contributed by atoms with Crippen LogP contribution in [0.5, 0.6) is 0 Å². The second-order valence-corrected chi connectivity index (χ2v) is 5.07. The van der Waals surface area contributed by atoms with Crippen LogP contribution in [-0.2, 0) is 23.8 Å². The van der Waals surface area contributed by atoms with Gasteiger partial charge < -0.3 is 14.2 Å². The van der Waals surface area contributed by atoms with Gasteiger partial charge in [-0.05, 0) is 12.8 Å². The Labute approximate surface area is 99.4 Å². The van der Waals surface area contributed by atoms with E-state index in [0.29, 0.717) is 0 Å². The molecule has 0 aromatic carbocycles. The van der Waals surface area contributed by atoms with Gasteiger partial charge in [0.05, 0.1) is 38.3 Å². The Balaban J connectivity index is 1.92. The van der Waals surface area contributed by atoms with Crippen molar-refractivity contribution in [2.45, 2.75) is 25.0 Å². The lowest BCUT2D eigenvalue weighted by molar-refractivity contribution is -0.167. The Hall–Kier alpha value is -1.10. The minimum atomic E-state index is -0.380. The molecule has 0 radical (unpaired) electrons. The Morgan fingerprint density at radius 2 is 1.35 bits per heavy atom. The van der Waals surface area contributed by atoms with Crippen LogP contribution >= 0.6 is 0 Å². The molecular weight excluding hydrogens is 224 g/mol. The molecule has 4 rings (SSSR count). The lowest BCUT2D eigenvalue weighted by Crippen LogP contribution is -2.52. The predicted octanol–water partition coefficient (Wildman–Crippen LogP) is 0.372. The molecule has 0 N–H and O–H groups in total. The fraction of sp³-hybridized carbons (Fsp3) is 0.833. The Morgan fingerprint density at radius 1 is 0.941 bits per heavy atom. The van der Waals surface area contributed by atoms with Gasteiger partial charge in [-0.25, -0.2) is 0 Å². The molecule has 94 valence electrons. The molecule has 1 aliphatic heterocycles. The van der Waals surface area contributed by atoms with Crippen LogP contribution in [0.1, 0.15) is 12.8 Å². The first-order valence-electron chi connectivity index (χ1n) is 6.00. The SMILES string of the molecule is COC(=O)[C@@H]1[C@@H]2CC[C@@H]([C@@H]3O[C@H]23)[C@H]1C(=O)OC. The van der Waals surface area contributed by atoms with Gasteiger partial charge in [-0.2, -0.15) is 0 Å². The summed E-state index contributed by atoms with van der Waals surface area (Å²) < 4.78 is 15.3. The number of rotatable bonds is 2. The lowest BCUT2D eigenvalue weighted by Gasteiger charge is -2.42. The number of methoxy groups -OCH3 is 2. The Morgan fingerprint density at radius 3 is 1.71 bits per heavy atom. The number of epoxide rings is 1. The average molecular weight is 240 g/mol. The molecule has 4 fully saturated rings. The number of ether oxygens (including phenoxy) is 3. The van der Waals surface area contributed by atoms with Gasteiger partial charge in [-0.3, -0.25) is 9.59 Å². The van der Waals surface area contributed by atoms with E-state index in [4.69, 9.17) is 14.2 Å². The minimum Gasteiger partial charge on any atom is -0.469 e. The van der Waals surface area contributed by atoms with Crippen molar-refractivity contribution in [2.75, 3.05) is 14.2 Å². The monoisotopic (exact) mass is 240 g/mol. The third kappa shape index (κ3) is 1.41. The number of carbonyl (C=O) groups excluding carboxylic acids is 2. The molecule has 0 amide bonds. The van der Waals surface area contributed by atoms with Crippen LogP contribution in [0.25, 0.3) is 0 Å². The molecule has 3 aliphatic carbocycles. The van der Waals surface area contributed by atoms with Crippen LogP contribution in [0.15, 0.2) is 0 Å². The summed E-state index contributed by atoms with van der Waals surface area (Å²) in [5.74, 6) is -1.11. The summed E-state index contributed by atoms with van der Waals surface area (Å²) in [6.07, 6.45) is 2.22. The topological polar surface area (TPSA) is 65.1 Å². The van der Waals surface area contributed by atoms with E-state index < -0.39 is 0 Å². The van der Waals surface area contributed by atoms with Gasteiger partial charge in [0, 0.05) is 11.8 Å². The van der Waals surface area contributed by atoms with E-state index in [-0.39, 0.29) is 47.8 Å². The van der Waals surface area contributed by atoms with Gasteiger partial charge in [-0.1, -0.05) is 0 Å². The van der Waals surface area contributed by atoms with Crippen molar-refractivity contribution in [3.05, 3.63) is 0 Å². The van der Waals surface area contributed by atoms with Gasteiger partial charge in [0.25, 0.3) is 0 Å². The number of hydrogen-bond acceptors (Lipinski definition) is 5. The standard InChI is InChI=1S/C12H16O5/c1-15-11(13)7-5-3-4-6(10-9(5)17-10)8(7)12(14)16-2/h5-10H,3-4H2,1-2H3/t5-,6+,7-,8-,9+,10-/m1/s1. The summed E-state index contributed by atoms with van der Waals surface area (Å²) in [7, 11) is 2.73. The summed E-state index contributed by atoms with van der Waals surface area (Å²) in [5, 5.41) is 0. The van der Waals surface area contributed by atoms with Gasteiger partial charge in [0.1, 0.15) is 0 Å². The van der Waals surface area contributed by atoms with E-state index in [1.807, 2.05) is 0 Å². The Bertz CT molecular complexity index is 332. The second-order valence-electron chi connectivity index (χ2n) is 5.07. The van der Waals surface area contributed by atoms with E-state index in [0.717, 1.165) is 12.8 Å². The largest absolute Gasteiger partial charge is 0.469 e. The molecule has 2 bridgehead atoms. The summed E-state index contributed by atoms with van der Waals surface area (Å²) in [6, 6.07) is 0. The first-order valence-corrected chi connectivity index (χ1v) is 6.00. The average Bonchev–Trinajstić information content (AvgIpc) is 3.17. The van der Waals surface area contributed by atoms with Crippen LogP contribution in [0.2, 0.25) is 0 Å². The molecule has 5 nitrogen and oxygen atoms in total. The highest BCUT2D eigenvalue weighted by Crippen LogP contribution is 2.58. The number of hydrogen-bond donors (Lipinski definition) is 0. The molecule has 1 saturated heterocycles. The summed E-state index contributed by atoms with van der Waals surface area (Å²) in [6.45, 7) is 0. The molecule has 4 aliphatic rings. The highest BCUT2D eigenvalue weighted by Gasteiger charge is 2.67. The number of esters is 2. The van der Waals surface area contributed by atoms with Crippen LogP contribution in [0, 0.1) is 23.7 Å². The maximum atomic E-state index is 11.9. The molecule has 0 aromatic rings. The smallest absolute Gasteiger partial charge is 0.309 e. The normalized spacial score (nSPS) is 46.0. The van der Waals surface area contributed by atoms with Gasteiger partial charge in [-0.15, -0.1) is 0 Å². The van der Waals surface area contributed by atoms with Crippen molar-refractivity contribution in [2.24, 2.45) is 23.7 Å². The van der Waals surface area contributed by atoms with Gasteiger partial charge >= 0.3 is 11.9 Å². The zero-order valence-corrected chi connectivity index (χ0v) is 9.92. The predicted molar refractivity (Wildman–Crippen MR) is 55.9 cm³/mol. The number of fused-ring (bicyclic) bond motifs is 2. The minimum absolute atomic E-state index is 0.126. The van der Waals surface area contributed by atoms with Crippen molar-refractivity contribution in [1.82, 2.24) is 0 Å². The fourth-order valence-electron chi connectivity index (χ4n) is 3.75. The van der Waals surface area contributed by atoms with Crippen LogP contribution in [-0.4, -0.2) is 38.4 Å². The van der Waals surface area contributed by atoms with E-state index >= 15 is 0 Å². The zero-order valence-electron chi connectivity index (χ0n) is 9.92. The molecule has 17 heavy (non-hydrogen) atoms. The van der Waals surface area contributed by atoms with E-state index in [2.05, 4.69) is 0 Å². The third-order valence-electron chi connectivity index (χ3n) is 4.49. The van der Waals surface area contributed by atoms with Crippen molar-refractivity contribution in [3.8, 4) is 0 Å². The molecule has 0 aromatic heterocycles. The van der Waals surface area contributed by atoms with Crippen LogP contribution in [0.3, 0.4) is 0 Å². The van der Waals surface area contributed by atoms with Gasteiger partial charge in [0.2, 0.25) is 0 Å². The van der Waals surface area contributed by atoms with Gasteiger partial charge in [0.15, 0.2) is 0 Å². The lowest BCUT2D eigenvalue weighted by atomic mass is 9.58. The van der Waals surface area contributed by atoms with Crippen molar-refractivity contribution >= 4 is 11.9 Å². The second kappa shape index (κ2) is 3.70. The summed E-state index contributed by atoms with van der Waals surface area (Å²) in [5.41, 5.74) is 0. The summed E-state index contributed by atoms with van der Waals surface area (Å²) >= 11 is 0. The van der Waals surface area contributed by atoms with Crippen molar-refractivity contribution < 1.29 is 23.8 Å². The van der Waals surface area contributed by atoms with E-state index in [1.165, 1.54) is 14.2 Å². The van der Waals surface area contributed by atoms with Crippen molar-refractivity contribution in [1.29, 1.82) is 0 Å². The number of carbonyl (C=O) groups is 2. The van der Waals surface area contributed by atoms with Crippen molar-refractivity contribution in [3.63, 3.8) is 0 Å². The molecule has 6 atom stereocenters. The maximum absolute atomic E-state index is 11.9. The van der Waals surface area contributed by atoms with Crippen LogP contribution in [0.4, 0.5) is 0 Å². The molecular formula is C12H16O5. The maximum Gasteiger partial charge on any atom is 0.309 e. The molecule has 0 unspecified atom stereocenters. The quantitative estimate of drug-likeness (QED) is 0.515. The third-order valence-corrected chi connectivity index (χ3v) is 4.49. The first-order chi connectivity index (χ1) is 8.19. The first kappa shape index (κ1) is 11.0. The molecule has 1 heterocycles. The van der Waals surface area contributed by atoms with E-state index in [1.54, 1.807) is 0 Å². The molecule has 5 heteroatoms. The van der Waals surface area contributed by atoms with Crippen LogP contribution < -0.4 is 0 Å². The summed E-state index contributed by atoms with van der Waals surface area (Å²) in [4.78, 5) is 23.7.